The monoisotopic (exact) mass is 487 g/mol. The molecule has 2 atom stereocenters. The van der Waals surface area contributed by atoms with E-state index in [1.807, 2.05) is 0 Å². The number of hydrogen-bond acceptors (Lipinski definition) is 8. The number of rotatable bonds is 9. The first-order valence-corrected chi connectivity index (χ1v) is 11.7. The fraction of sp³-hybridized carbons (Fsp3) is 0.522. The molecule has 0 aromatic carbocycles. The van der Waals surface area contributed by atoms with Crippen LogP contribution >= 0.6 is 0 Å². The number of nitrogen functional groups attached to an aromatic ring is 1. The first-order valence-electron chi connectivity index (χ1n) is 11.7. The molecule has 1 unspecified atom stereocenters. The first-order chi connectivity index (χ1) is 16.7. The second kappa shape index (κ2) is 10.2. The number of hydrogen-bond donors (Lipinski definition) is 6. The Morgan fingerprint density at radius 2 is 1.91 bits per heavy atom. The number of amides is 1. The van der Waals surface area contributed by atoms with E-state index in [-0.39, 0.29) is 36.0 Å². The molecule has 1 aliphatic heterocycles. The Morgan fingerprint density at radius 1 is 1.17 bits per heavy atom. The highest BCUT2D eigenvalue weighted by Crippen LogP contribution is 2.32. The van der Waals surface area contributed by atoms with Gasteiger partial charge in [-0.2, -0.15) is 4.98 Å². The molecular weight excluding hydrogens is 458 g/mol. The number of aromatic amines is 1. The fourth-order valence-electron chi connectivity index (χ4n) is 4.84. The van der Waals surface area contributed by atoms with E-state index in [0.29, 0.717) is 49.4 Å². The maximum Gasteiger partial charge on any atom is 0.326 e. The molecule has 188 valence electrons. The molecule has 2 aromatic rings. The van der Waals surface area contributed by atoms with Crippen molar-refractivity contribution in [2.24, 2.45) is 5.92 Å². The molecule has 1 amide bonds. The van der Waals surface area contributed by atoms with E-state index in [0.717, 1.165) is 30.4 Å². The number of H-pyrrole nitrogens is 1. The Balaban J connectivity index is 1.47. The molecule has 35 heavy (non-hydrogen) atoms. The van der Waals surface area contributed by atoms with Crippen molar-refractivity contribution in [2.45, 2.75) is 63.8 Å². The lowest BCUT2D eigenvalue weighted by Crippen LogP contribution is -2.41. The molecule has 1 aliphatic carbocycles. The van der Waals surface area contributed by atoms with Crippen molar-refractivity contribution < 1.29 is 29.0 Å². The number of nitrogens with one attached hydrogen (secondary N) is 3. The van der Waals surface area contributed by atoms with Crippen LogP contribution in [0, 0.1) is 5.92 Å². The largest absolute Gasteiger partial charge is 0.481 e. The average Bonchev–Trinajstić information content (AvgIpc) is 3.19. The van der Waals surface area contributed by atoms with Gasteiger partial charge >= 0.3 is 11.9 Å². The predicted molar refractivity (Wildman–Crippen MR) is 124 cm³/mol. The van der Waals surface area contributed by atoms with Gasteiger partial charge < -0.3 is 31.0 Å². The van der Waals surface area contributed by atoms with Gasteiger partial charge in [0.05, 0.1) is 5.56 Å². The minimum atomic E-state index is -1.32. The van der Waals surface area contributed by atoms with Gasteiger partial charge in [-0.1, -0.05) is 0 Å². The molecule has 12 heteroatoms. The SMILES string of the molecule is Nc1nc2c(c(=O)[nH]1)CC(CCc1oc(C(=O)N[C@@H](CCC(=O)O)C(=O)O)c3c1CCCC3)CN2. The Bertz CT molecular complexity index is 1200. The lowest BCUT2D eigenvalue weighted by Gasteiger charge is -2.24. The Morgan fingerprint density at radius 3 is 2.63 bits per heavy atom. The normalized spacial score (nSPS) is 17.5. The van der Waals surface area contributed by atoms with E-state index in [1.54, 1.807) is 0 Å². The molecule has 0 saturated carbocycles. The summed E-state index contributed by atoms with van der Waals surface area (Å²) < 4.78 is 6.00. The van der Waals surface area contributed by atoms with Crippen molar-refractivity contribution in [1.82, 2.24) is 15.3 Å². The van der Waals surface area contributed by atoms with Gasteiger partial charge in [0, 0.05) is 24.9 Å². The van der Waals surface area contributed by atoms with E-state index >= 15 is 0 Å². The van der Waals surface area contributed by atoms with E-state index in [4.69, 9.17) is 15.3 Å². The molecule has 3 heterocycles. The molecule has 12 nitrogen and oxygen atoms in total. The molecule has 2 aliphatic rings. The number of furan rings is 1. The summed E-state index contributed by atoms with van der Waals surface area (Å²) in [5.74, 6) is -1.52. The third kappa shape index (κ3) is 5.47. The third-order valence-corrected chi connectivity index (χ3v) is 6.62. The van der Waals surface area contributed by atoms with Crippen LogP contribution in [0.15, 0.2) is 9.21 Å². The Labute approximate surface area is 200 Å². The van der Waals surface area contributed by atoms with Crippen LogP contribution in [-0.2, 0) is 35.3 Å². The number of anilines is 2. The van der Waals surface area contributed by atoms with Gasteiger partial charge in [-0.25, -0.2) is 4.79 Å². The zero-order chi connectivity index (χ0) is 25.1. The summed E-state index contributed by atoms with van der Waals surface area (Å²) >= 11 is 0. The molecule has 0 saturated heterocycles. The van der Waals surface area contributed by atoms with Crippen LogP contribution < -0.4 is 21.9 Å². The van der Waals surface area contributed by atoms with Crippen LogP contribution in [0.4, 0.5) is 11.8 Å². The number of aromatic nitrogens is 2. The molecule has 7 N–H and O–H groups in total. The number of carboxylic acids is 2. The van der Waals surface area contributed by atoms with Crippen LogP contribution in [0.25, 0.3) is 0 Å². The quantitative estimate of drug-likeness (QED) is 0.297. The van der Waals surface area contributed by atoms with Crippen molar-refractivity contribution in [2.75, 3.05) is 17.6 Å². The van der Waals surface area contributed by atoms with Gasteiger partial charge in [-0.3, -0.25) is 19.4 Å². The summed E-state index contributed by atoms with van der Waals surface area (Å²) in [7, 11) is 0. The molecule has 4 rings (SSSR count). The molecule has 0 fully saturated rings. The summed E-state index contributed by atoms with van der Waals surface area (Å²) in [6.07, 6.45) is 4.54. The van der Waals surface area contributed by atoms with Crippen molar-refractivity contribution in [3.8, 4) is 0 Å². The smallest absolute Gasteiger partial charge is 0.326 e. The molecular formula is C23H29N5O7. The summed E-state index contributed by atoms with van der Waals surface area (Å²) in [6, 6.07) is -1.32. The Kier molecular flexibility index (Phi) is 7.08. The maximum atomic E-state index is 12.9. The molecule has 0 bridgehead atoms. The lowest BCUT2D eigenvalue weighted by atomic mass is 9.88. The predicted octanol–water partition coefficient (Wildman–Crippen LogP) is 1.09. The van der Waals surface area contributed by atoms with E-state index in [2.05, 4.69) is 20.6 Å². The van der Waals surface area contributed by atoms with E-state index < -0.39 is 23.9 Å². The summed E-state index contributed by atoms with van der Waals surface area (Å²) in [4.78, 5) is 54.1. The van der Waals surface area contributed by atoms with Gasteiger partial charge in [0.1, 0.15) is 17.6 Å². The number of nitrogens with two attached hydrogens (primary N) is 1. The number of aliphatic carboxylic acids is 2. The highest BCUT2D eigenvalue weighted by molar-refractivity contribution is 5.96. The highest BCUT2D eigenvalue weighted by atomic mass is 16.4. The van der Waals surface area contributed by atoms with Gasteiger partial charge in [0.15, 0.2) is 5.76 Å². The third-order valence-electron chi connectivity index (χ3n) is 6.62. The van der Waals surface area contributed by atoms with Crippen molar-refractivity contribution in [3.63, 3.8) is 0 Å². The zero-order valence-electron chi connectivity index (χ0n) is 19.2. The number of carboxylic acid groups (broad SMARTS) is 2. The topological polar surface area (TPSA) is 201 Å². The summed E-state index contributed by atoms with van der Waals surface area (Å²) in [6.45, 7) is 0.628. The minimum Gasteiger partial charge on any atom is -0.481 e. The molecule has 0 radical (unpaired) electrons. The number of nitrogens with zero attached hydrogens (tertiary/aromatic N) is 1. The first kappa shape index (κ1) is 24.3. The Hall–Kier alpha value is -3.83. The van der Waals surface area contributed by atoms with Crippen molar-refractivity contribution in [3.05, 3.63) is 38.6 Å². The zero-order valence-corrected chi connectivity index (χ0v) is 19.2. The van der Waals surface area contributed by atoms with Crippen LogP contribution in [0.5, 0.6) is 0 Å². The summed E-state index contributed by atoms with van der Waals surface area (Å²) in [5, 5.41) is 23.8. The standard InChI is InChI=1S/C23H29N5O7/c24-23-27-19-14(20(31)28-23)9-11(10-25-19)5-7-16-12-3-1-2-4-13(12)18(35-16)21(32)26-15(22(33)34)6-8-17(29)30/h11,15H,1-10H2,(H,26,32)(H,29,30)(H,33,34)(H4,24,25,27,28,31)/t11?,15-/m0/s1. The van der Waals surface area contributed by atoms with Gasteiger partial charge in [-0.05, 0) is 56.4 Å². The molecule has 0 spiro atoms. The number of carbonyl (C=O) groups excluding carboxylic acids is 1. The van der Waals surface area contributed by atoms with Crippen molar-refractivity contribution in [1.29, 1.82) is 0 Å². The summed E-state index contributed by atoms with van der Waals surface area (Å²) in [5.41, 5.74) is 7.72. The van der Waals surface area contributed by atoms with Crippen LogP contribution in [-0.4, -0.2) is 50.6 Å². The van der Waals surface area contributed by atoms with Crippen LogP contribution in [0.3, 0.4) is 0 Å². The van der Waals surface area contributed by atoms with Crippen molar-refractivity contribution >= 4 is 29.6 Å². The second-order valence-electron chi connectivity index (χ2n) is 9.08. The average molecular weight is 488 g/mol. The highest BCUT2D eigenvalue weighted by Gasteiger charge is 2.30. The van der Waals surface area contributed by atoms with Gasteiger partial charge in [0.2, 0.25) is 5.95 Å². The number of aryl methyl sites for hydroxylation is 1. The minimum absolute atomic E-state index is 0.0702. The number of carbonyl (C=O) groups is 3. The maximum absolute atomic E-state index is 12.9. The van der Waals surface area contributed by atoms with E-state index in [9.17, 15) is 24.3 Å². The lowest BCUT2D eigenvalue weighted by molar-refractivity contribution is -0.140. The van der Waals surface area contributed by atoms with Gasteiger partial charge in [0.25, 0.3) is 11.5 Å². The van der Waals surface area contributed by atoms with Crippen LogP contribution in [0.2, 0.25) is 0 Å². The van der Waals surface area contributed by atoms with E-state index in [1.165, 1.54) is 0 Å². The second-order valence-corrected chi connectivity index (χ2v) is 9.08. The number of fused-ring (bicyclic) bond motifs is 2. The molecule has 2 aromatic heterocycles. The van der Waals surface area contributed by atoms with Gasteiger partial charge in [-0.15, -0.1) is 0 Å². The van der Waals surface area contributed by atoms with Crippen LogP contribution in [0.1, 0.15) is 65.1 Å². The fourth-order valence-corrected chi connectivity index (χ4v) is 4.84.